The highest BCUT2D eigenvalue weighted by Gasteiger charge is 2.02. The third-order valence-corrected chi connectivity index (χ3v) is 1.74. The molecule has 0 bridgehead atoms. The number of pyridine rings is 1. The molecular weight excluding hydrogens is 178 g/mol. The molecule has 12 heavy (non-hydrogen) atoms. The molecule has 0 fully saturated rings. The lowest BCUT2D eigenvalue weighted by Gasteiger charge is -1.92. The van der Waals surface area contributed by atoms with E-state index in [9.17, 15) is 4.79 Å². The Labute approximate surface area is 72.8 Å². The topological polar surface area (TPSA) is 47.3 Å². The van der Waals surface area contributed by atoms with Crippen molar-refractivity contribution >= 4 is 23.5 Å². The summed E-state index contributed by atoms with van der Waals surface area (Å²) >= 11 is 5.70. The monoisotopic (exact) mass is 181 g/mol. The van der Waals surface area contributed by atoms with Gasteiger partial charge in [-0.05, 0) is 6.07 Å². The van der Waals surface area contributed by atoms with Gasteiger partial charge in [-0.15, -0.1) is 10.2 Å². The van der Waals surface area contributed by atoms with E-state index in [4.69, 9.17) is 11.6 Å². The van der Waals surface area contributed by atoms with E-state index in [1.807, 2.05) is 0 Å². The van der Waals surface area contributed by atoms with Gasteiger partial charge in [0.15, 0.2) is 11.9 Å². The van der Waals surface area contributed by atoms with E-state index in [-0.39, 0.29) is 5.82 Å². The predicted octanol–water partition coefficient (Wildman–Crippen LogP) is 1.20. The van der Waals surface area contributed by atoms with Crippen molar-refractivity contribution in [3.05, 3.63) is 29.2 Å². The fourth-order valence-electron chi connectivity index (χ4n) is 0.965. The Balaban J connectivity index is 2.81. The molecule has 4 nitrogen and oxygen atoms in total. The van der Waals surface area contributed by atoms with E-state index < -0.39 is 0 Å². The van der Waals surface area contributed by atoms with E-state index in [0.717, 1.165) is 0 Å². The molecule has 0 N–H and O–H groups in total. The minimum atomic E-state index is 0.279. The minimum Gasteiger partial charge on any atom is -0.294 e. The highest BCUT2D eigenvalue weighted by atomic mass is 35.5. The van der Waals surface area contributed by atoms with Crippen LogP contribution in [-0.2, 0) is 0 Å². The summed E-state index contributed by atoms with van der Waals surface area (Å²) < 4.78 is 1.57. The van der Waals surface area contributed by atoms with Gasteiger partial charge in [0.05, 0.1) is 0 Å². The summed E-state index contributed by atoms with van der Waals surface area (Å²) in [5.74, 6) is 0.279. The summed E-state index contributed by atoms with van der Waals surface area (Å²) in [6.45, 7) is 0. The fourth-order valence-corrected chi connectivity index (χ4v) is 1.12. The Morgan fingerprint density at radius 3 is 3.08 bits per heavy atom. The quantitative estimate of drug-likeness (QED) is 0.621. The molecule has 0 aliphatic heterocycles. The van der Waals surface area contributed by atoms with Crippen molar-refractivity contribution in [1.29, 1.82) is 0 Å². The van der Waals surface area contributed by atoms with Gasteiger partial charge in [0.1, 0.15) is 0 Å². The molecule has 0 aliphatic rings. The Kier molecular flexibility index (Phi) is 1.55. The zero-order chi connectivity index (χ0) is 8.55. The molecule has 2 aromatic heterocycles. The van der Waals surface area contributed by atoms with E-state index in [1.165, 1.54) is 0 Å². The second-order valence-electron chi connectivity index (χ2n) is 2.25. The number of hydrogen-bond acceptors (Lipinski definition) is 3. The molecule has 0 radical (unpaired) electrons. The minimum absolute atomic E-state index is 0.279. The summed E-state index contributed by atoms with van der Waals surface area (Å²) in [6, 6.07) is 3.31. The van der Waals surface area contributed by atoms with Gasteiger partial charge < -0.3 is 0 Å². The van der Waals surface area contributed by atoms with E-state index in [0.29, 0.717) is 17.0 Å². The Morgan fingerprint density at radius 2 is 2.33 bits per heavy atom. The number of aldehydes is 1. The van der Waals surface area contributed by atoms with Crippen LogP contribution in [0.3, 0.4) is 0 Å². The Hall–Kier alpha value is -1.42. The number of hydrogen-bond donors (Lipinski definition) is 0. The highest BCUT2D eigenvalue weighted by Crippen LogP contribution is 2.10. The van der Waals surface area contributed by atoms with Crippen LogP contribution in [0.25, 0.3) is 5.65 Å². The summed E-state index contributed by atoms with van der Waals surface area (Å²) in [7, 11) is 0. The molecule has 0 aliphatic carbocycles. The average Bonchev–Trinajstić information content (AvgIpc) is 2.46. The first-order valence-corrected chi connectivity index (χ1v) is 3.64. The maximum Gasteiger partial charge on any atom is 0.201 e. The van der Waals surface area contributed by atoms with Gasteiger partial charge in [-0.2, -0.15) is 0 Å². The summed E-state index contributed by atoms with van der Waals surface area (Å²) in [5, 5.41) is 7.97. The van der Waals surface area contributed by atoms with Gasteiger partial charge in [0, 0.05) is 17.3 Å². The number of halogens is 1. The van der Waals surface area contributed by atoms with Crippen LogP contribution in [0, 0.1) is 0 Å². The molecule has 0 saturated carbocycles. The largest absolute Gasteiger partial charge is 0.294 e. The number of rotatable bonds is 1. The summed E-state index contributed by atoms with van der Waals surface area (Å²) in [6.07, 6.45) is 2.30. The molecule has 2 aromatic rings. The predicted molar refractivity (Wildman–Crippen MR) is 43.4 cm³/mol. The fraction of sp³-hybridized carbons (Fsp3) is 0. The van der Waals surface area contributed by atoms with Gasteiger partial charge in [-0.1, -0.05) is 11.6 Å². The zero-order valence-corrected chi connectivity index (χ0v) is 6.69. The molecular formula is C7H4ClN3O. The molecule has 0 spiro atoms. The molecule has 5 heteroatoms. The van der Waals surface area contributed by atoms with Crippen LogP contribution in [0.1, 0.15) is 10.6 Å². The molecule has 0 aromatic carbocycles. The van der Waals surface area contributed by atoms with Crippen LogP contribution in [0.4, 0.5) is 0 Å². The van der Waals surface area contributed by atoms with Crippen LogP contribution in [-0.4, -0.2) is 20.9 Å². The third-order valence-electron chi connectivity index (χ3n) is 1.50. The van der Waals surface area contributed by atoms with Crippen LogP contribution >= 0.6 is 11.6 Å². The zero-order valence-electron chi connectivity index (χ0n) is 5.94. The Bertz CT molecular complexity index is 437. The van der Waals surface area contributed by atoms with Crippen molar-refractivity contribution in [2.75, 3.05) is 0 Å². The second kappa shape index (κ2) is 2.57. The number of carbonyl (C=O) groups excluding carboxylic acids is 1. The SMILES string of the molecule is O=Cc1nnc2cc(Cl)ccn12. The maximum absolute atomic E-state index is 10.4. The van der Waals surface area contributed by atoms with E-state index in [1.54, 1.807) is 22.7 Å². The van der Waals surface area contributed by atoms with Crippen LogP contribution in [0.2, 0.25) is 5.02 Å². The second-order valence-corrected chi connectivity index (χ2v) is 2.69. The molecule has 2 rings (SSSR count). The molecule has 2 heterocycles. The lowest BCUT2D eigenvalue weighted by Crippen LogP contribution is -1.90. The lowest BCUT2D eigenvalue weighted by molar-refractivity contribution is 0.111. The van der Waals surface area contributed by atoms with Crippen molar-refractivity contribution in [3.63, 3.8) is 0 Å². The number of fused-ring (bicyclic) bond motifs is 1. The number of aromatic nitrogens is 3. The molecule has 0 saturated heterocycles. The third kappa shape index (κ3) is 0.967. The van der Waals surface area contributed by atoms with Crippen molar-refractivity contribution < 1.29 is 4.79 Å². The van der Waals surface area contributed by atoms with Crippen LogP contribution < -0.4 is 0 Å². The first-order chi connectivity index (χ1) is 5.81. The Morgan fingerprint density at radius 1 is 1.50 bits per heavy atom. The van der Waals surface area contributed by atoms with Crippen LogP contribution in [0.5, 0.6) is 0 Å². The lowest BCUT2D eigenvalue weighted by atomic mass is 10.5. The number of carbonyl (C=O) groups is 1. The van der Waals surface area contributed by atoms with Gasteiger partial charge >= 0.3 is 0 Å². The highest BCUT2D eigenvalue weighted by molar-refractivity contribution is 6.30. The summed E-state index contributed by atoms with van der Waals surface area (Å²) in [4.78, 5) is 10.4. The molecule has 0 atom stereocenters. The van der Waals surface area contributed by atoms with Crippen molar-refractivity contribution in [2.24, 2.45) is 0 Å². The van der Waals surface area contributed by atoms with E-state index in [2.05, 4.69) is 10.2 Å². The standard InChI is InChI=1S/C7H4ClN3O/c8-5-1-2-11-6(3-5)9-10-7(11)4-12/h1-4H. The normalized spacial score (nSPS) is 10.4. The molecule has 0 amide bonds. The van der Waals surface area contributed by atoms with Crippen molar-refractivity contribution in [2.45, 2.75) is 0 Å². The summed E-state index contributed by atoms with van der Waals surface area (Å²) in [5.41, 5.74) is 0.574. The van der Waals surface area contributed by atoms with Gasteiger partial charge in [0.25, 0.3) is 0 Å². The van der Waals surface area contributed by atoms with Crippen LogP contribution in [0.15, 0.2) is 18.3 Å². The van der Waals surface area contributed by atoms with E-state index >= 15 is 0 Å². The molecule has 0 unspecified atom stereocenters. The first-order valence-electron chi connectivity index (χ1n) is 3.27. The maximum atomic E-state index is 10.4. The molecule has 60 valence electrons. The average molecular weight is 182 g/mol. The van der Waals surface area contributed by atoms with Gasteiger partial charge in [0.2, 0.25) is 5.82 Å². The van der Waals surface area contributed by atoms with Crippen molar-refractivity contribution in [3.8, 4) is 0 Å². The smallest absolute Gasteiger partial charge is 0.201 e. The van der Waals surface area contributed by atoms with Crippen molar-refractivity contribution in [1.82, 2.24) is 14.6 Å². The van der Waals surface area contributed by atoms with Gasteiger partial charge in [-0.3, -0.25) is 9.20 Å². The first kappa shape index (κ1) is 7.24. The van der Waals surface area contributed by atoms with Gasteiger partial charge in [-0.25, -0.2) is 0 Å². The number of nitrogens with zero attached hydrogens (tertiary/aromatic N) is 3.